The smallest absolute Gasteiger partial charge is 0.243 e. The summed E-state index contributed by atoms with van der Waals surface area (Å²) in [6.07, 6.45) is 2.79. The number of pyridine rings is 1. The molecule has 0 bridgehead atoms. The monoisotopic (exact) mass is 232 g/mol. The number of hydrogen-bond acceptors (Lipinski definition) is 5. The van der Waals surface area contributed by atoms with Gasteiger partial charge in [-0.2, -0.15) is 4.98 Å². The zero-order valence-electron chi connectivity index (χ0n) is 10.1. The highest BCUT2D eigenvalue weighted by atomic mass is 16.5. The Morgan fingerprint density at radius 1 is 1.41 bits per heavy atom. The number of aromatic nitrogens is 3. The molecule has 0 saturated heterocycles. The van der Waals surface area contributed by atoms with Crippen molar-refractivity contribution < 1.29 is 4.52 Å². The molecule has 5 heteroatoms. The Kier molecular flexibility index (Phi) is 3.82. The molecule has 2 aromatic rings. The van der Waals surface area contributed by atoms with Crippen molar-refractivity contribution in [2.24, 2.45) is 0 Å². The first-order chi connectivity index (χ1) is 8.31. The Hall–Kier alpha value is -1.75. The topological polar surface area (TPSA) is 63.8 Å². The molecular formula is C12H16N4O. The maximum Gasteiger partial charge on any atom is 0.243 e. The molecule has 2 rings (SSSR count). The van der Waals surface area contributed by atoms with Crippen molar-refractivity contribution in [2.45, 2.75) is 26.3 Å². The molecule has 2 heterocycles. The van der Waals surface area contributed by atoms with E-state index < -0.39 is 0 Å². The first-order valence-corrected chi connectivity index (χ1v) is 5.79. The van der Waals surface area contributed by atoms with Crippen LogP contribution in [0.25, 0.3) is 11.5 Å². The van der Waals surface area contributed by atoms with Gasteiger partial charge in [-0.15, -0.1) is 0 Å². The third-order valence-corrected chi connectivity index (χ3v) is 2.41. The fraction of sp³-hybridized carbons (Fsp3) is 0.417. The fourth-order valence-electron chi connectivity index (χ4n) is 1.46. The first kappa shape index (κ1) is 11.7. The van der Waals surface area contributed by atoms with Crippen LogP contribution in [0.5, 0.6) is 0 Å². The van der Waals surface area contributed by atoms with E-state index in [2.05, 4.69) is 27.4 Å². The quantitative estimate of drug-likeness (QED) is 0.856. The van der Waals surface area contributed by atoms with Gasteiger partial charge in [-0.3, -0.25) is 4.98 Å². The summed E-state index contributed by atoms with van der Waals surface area (Å²) in [6.45, 7) is 5.06. The molecule has 1 unspecified atom stereocenters. The molecule has 90 valence electrons. The SMILES string of the molecule is CCCNC(C)c1nc(-c2ccccn2)no1. The molecule has 1 N–H and O–H groups in total. The lowest BCUT2D eigenvalue weighted by Crippen LogP contribution is -2.19. The van der Waals surface area contributed by atoms with Crippen LogP contribution >= 0.6 is 0 Å². The van der Waals surface area contributed by atoms with E-state index in [1.54, 1.807) is 6.20 Å². The van der Waals surface area contributed by atoms with Crippen molar-refractivity contribution >= 4 is 0 Å². The minimum atomic E-state index is 0.0694. The van der Waals surface area contributed by atoms with Gasteiger partial charge in [0.05, 0.1) is 6.04 Å². The van der Waals surface area contributed by atoms with E-state index in [9.17, 15) is 0 Å². The number of rotatable bonds is 5. The van der Waals surface area contributed by atoms with Crippen molar-refractivity contribution in [3.05, 3.63) is 30.3 Å². The molecule has 0 aliphatic rings. The average Bonchev–Trinajstić information content (AvgIpc) is 2.86. The maximum atomic E-state index is 5.21. The Labute approximate surface area is 100 Å². The van der Waals surface area contributed by atoms with Gasteiger partial charge in [0.2, 0.25) is 11.7 Å². The molecule has 0 radical (unpaired) electrons. The molecule has 17 heavy (non-hydrogen) atoms. The van der Waals surface area contributed by atoms with E-state index in [1.807, 2.05) is 25.1 Å². The number of hydrogen-bond donors (Lipinski definition) is 1. The summed E-state index contributed by atoms with van der Waals surface area (Å²) in [5, 5.41) is 7.22. The van der Waals surface area contributed by atoms with Crippen LogP contribution in [0, 0.1) is 0 Å². The van der Waals surface area contributed by atoms with E-state index in [4.69, 9.17) is 4.52 Å². The summed E-state index contributed by atoms with van der Waals surface area (Å²) in [5.74, 6) is 1.13. The van der Waals surface area contributed by atoms with Crippen LogP contribution in [0.15, 0.2) is 28.9 Å². The van der Waals surface area contributed by atoms with Gasteiger partial charge < -0.3 is 9.84 Å². The highest BCUT2D eigenvalue weighted by Crippen LogP contribution is 2.15. The van der Waals surface area contributed by atoms with E-state index >= 15 is 0 Å². The Morgan fingerprint density at radius 2 is 2.29 bits per heavy atom. The van der Waals surface area contributed by atoms with Crippen molar-refractivity contribution in [3.63, 3.8) is 0 Å². The second-order valence-electron chi connectivity index (χ2n) is 3.85. The molecule has 0 fully saturated rings. The van der Waals surface area contributed by atoms with Gasteiger partial charge in [-0.25, -0.2) is 0 Å². The summed E-state index contributed by atoms with van der Waals surface area (Å²) >= 11 is 0. The van der Waals surface area contributed by atoms with Gasteiger partial charge >= 0.3 is 0 Å². The predicted octanol–water partition coefficient (Wildman–Crippen LogP) is 2.19. The highest BCUT2D eigenvalue weighted by Gasteiger charge is 2.14. The third-order valence-electron chi connectivity index (χ3n) is 2.41. The summed E-state index contributed by atoms with van der Waals surface area (Å²) in [6, 6.07) is 5.69. The summed E-state index contributed by atoms with van der Waals surface area (Å²) in [5.41, 5.74) is 0.727. The van der Waals surface area contributed by atoms with Gasteiger partial charge in [0.1, 0.15) is 5.69 Å². The Morgan fingerprint density at radius 3 is 3.00 bits per heavy atom. The maximum absolute atomic E-state index is 5.21. The van der Waals surface area contributed by atoms with Gasteiger partial charge in [0.15, 0.2) is 0 Å². The van der Waals surface area contributed by atoms with E-state index in [0.717, 1.165) is 18.7 Å². The molecule has 0 amide bonds. The second-order valence-corrected chi connectivity index (χ2v) is 3.85. The minimum absolute atomic E-state index is 0.0694. The molecule has 0 spiro atoms. The molecule has 0 saturated carbocycles. The lowest BCUT2D eigenvalue weighted by molar-refractivity contribution is 0.340. The number of nitrogens with zero attached hydrogens (tertiary/aromatic N) is 3. The molecule has 2 aromatic heterocycles. The van der Waals surface area contributed by atoms with Gasteiger partial charge in [-0.1, -0.05) is 18.1 Å². The first-order valence-electron chi connectivity index (χ1n) is 5.79. The Balaban J connectivity index is 2.11. The average molecular weight is 232 g/mol. The Bertz CT molecular complexity index is 455. The van der Waals surface area contributed by atoms with Gasteiger partial charge in [0.25, 0.3) is 0 Å². The molecule has 0 aromatic carbocycles. The lowest BCUT2D eigenvalue weighted by atomic mass is 10.3. The van der Waals surface area contributed by atoms with Crippen molar-refractivity contribution in [1.29, 1.82) is 0 Å². The van der Waals surface area contributed by atoms with Crippen LogP contribution in [0.2, 0.25) is 0 Å². The minimum Gasteiger partial charge on any atom is -0.337 e. The summed E-state index contributed by atoms with van der Waals surface area (Å²) in [7, 11) is 0. The van der Waals surface area contributed by atoms with E-state index in [1.165, 1.54) is 0 Å². The zero-order chi connectivity index (χ0) is 12.1. The molecule has 0 aliphatic heterocycles. The van der Waals surface area contributed by atoms with Crippen molar-refractivity contribution in [3.8, 4) is 11.5 Å². The highest BCUT2D eigenvalue weighted by molar-refractivity contribution is 5.47. The van der Waals surface area contributed by atoms with Crippen LogP contribution in [0.1, 0.15) is 32.2 Å². The summed E-state index contributed by atoms with van der Waals surface area (Å²) < 4.78 is 5.21. The standard InChI is InChI=1S/C12H16N4O/c1-3-7-13-9(2)12-15-11(16-17-12)10-6-4-5-8-14-10/h4-6,8-9,13H,3,7H2,1-2H3. The largest absolute Gasteiger partial charge is 0.337 e. The zero-order valence-corrected chi connectivity index (χ0v) is 10.1. The lowest BCUT2D eigenvalue weighted by Gasteiger charge is -2.06. The summed E-state index contributed by atoms with van der Waals surface area (Å²) in [4.78, 5) is 8.51. The fourth-order valence-corrected chi connectivity index (χ4v) is 1.46. The van der Waals surface area contributed by atoms with Crippen molar-refractivity contribution in [2.75, 3.05) is 6.54 Å². The van der Waals surface area contributed by atoms with Gasteiger partial charge in [-0.05, 0) is 32.0 Å². The predicted molar refractivity (Wildman–Crippen MR) is 64.2 cm³/mol. The normalized spacial score (nSPS) is 12.6. The van der Waals surface area contributed by atoms with Crippen LogP contribution in [0.3, 0.4) is 0 Å². The van der Waals surface area contributed by atoms with E-state index in [-0.39, 0.29) is 6.04 Å². The molecule has 5 nitrogen and oxygen atoms in total. The van der Waals surface area contributed by atoms with Gasteiger partial charge in [0, 0.05) is 6.20 Å². The second kappa shape index (κ2) is 5.54. The van der Waals surface area contributed by atoms with Crippen molar-refractivity contribution in [1.82, 2.24) is 20.4 Å². The van der Waals surface area contributed by atoms with Crippen LogP contribution in [-0.2, 0) is 0 Å². The van der Waals surface area contributed by atoms with Crippen LogP contribution < -0.4 is 5.32 Å². The van der Waals surface area contributed by atoms with E-state index in [0.29, 0.717) is 11.7 Å². The molecule has 1 atom stereocenters. The van der Waals surface area contributed by atoms with Crippen LogP contribution in [0.4, 0.5) is 0 Å². The molecular weight excluding hydrogens is 216 g/mol. The molecule has 0 aliphatic carbocycles. The van der Waals surface area contributed by atoms with Crippen LogP contribution in [-0.4, -0.2) is 21.7 Å². The number of nitrogens with one attached hydrogen (secondary N) is 1. The third kappa shape index (κ3) is 2.88.